The lowest BCUT2D eigenvalue weighted by Crippen LogP contribution is -2.30. The van der Waals surface area contributed by atoms with Crippen LogP contribution in [0.15, 0.2) is 47.8 Å². The number of benzene rings is 1. The molecule has 2 nitrogen and oxygen atoms in total. The normalized spacial score (nSPS) is 12.0. The van der Waals surface area contributed by atoms with Gasteiger partial charge in [-0.05, 0) is 42.5 Å². The van der Waals surface area contributed by atoms with Gasteiger partial charge < -0.3 is 5.32 Å². The molecular weight excluding hydrogens is 298 g/mol. The Kier molecular flexibility index (Phi) is 6.83. The van der Waals surface area contributed by atoms with Crippen molar-refractivity contribution in [3.63, 3.8) is 0 Å². The van der Waals surface area contributed by atoms with Gasteiger partial charge in [-0.1, -0.05) is 36.4 Å². The van der Waals surface area contributed by atoms with Gasteiger partial charge in [0, 0.05) is 4.88 Å². The van der Waals surface area contributed by atoms with Crippen LogP contribution >= 0.6 is 23.1 Å². The number of thioether (sulfide) groups is 1. The van der Waals surface area contributed by atoms with Gasteiger partial charge in [0.15, 0.2) is 0 Å². The summed E-state index contributed by atoms with van der Waals surface area (Å²) in [5.74, 6) is 1.15. The summed E-state index contributed by atoms with van der Waals surface area (Å²) in [6.45, 7) is 2.63. The fourth-order valence-electron chi connectivity index (χ4n) is 1.99. The summed E-state index contributed by atoms with van der Waals surface area (Å²) >= 11 is 3.41. The zero-order chi connectivity index (χ0) is 14.9. The van der Waals surface area contributed by atoms with Crippen LogP contribution in [0.4, 0.5) is 0 Å². The molecule has 1 atom stereocenters. The van der Waals surface area contributed by atoms with Crippen molar-refractivity contribution in [3.05, 3.63) is 58.3 Å². The van der Waals surface area contributed by atoms with Crippen LogP contribution < -0.4 is 5.32 Å². The van der Waals surface area contributed by atoms with E-state index in [1.54, 1.807) is 23.1 Å². The van der Waals surface area contributed by atoms with E-state index in [2.05, 4.69) is 29.6 Å². The second-order valence-electron chi connectivity index (χ2n) is 4.90. The number of hydrogen-bond donors (Lipinski definition) is 1. The first-order valence-corrected chi connectivity index (χ1v) is 9.14. The first-order valence-electron chi connectivity index (χ1n) is 7.21. The molecule has 0 saturated heterocycles. The number of amides is 1. The summed E-state index contributed by atoms with van der Waals surface area (Å²) in [6.07, 6.45) is 2.19. The molecular formula is C17H21NOS2. The fraction of sp³-hybridized carbons (Fsp3) is 0.353. The summed E-state index contributed by atoms with van der Waals surface area (Å²) in [5.41, 5.74) is 1.37. The third-order valence-corrected chi connectivity index (χ3v) is 5.32. The molecule has 0 aliphatic rings. The van der Waals surface area contributed by atoms with E-state index in [-0.39, 0.29) is 11.2 Å². The van der Waals surface area contributed by atoms with Gasteiger partial charge in [0.05, 0.1) is 11.8 Å². The van der Waals surface area contributed by atoms with Crippen molar-refractivity contribution in [2.45, 2.75) is 31.6 Å². The topological polar surface area (TPSA) is 29.1 Å². The molecule has 21 heavy (non-hydrogen) atoms. The molecule has 0 unspecified atom stereocenters. The lowest BCUT2D eigenvalue weighted by molar-refractivity contribution is -0.120. The molecule has 1 heterocycles. The van der Waals surface area contributed by atoms with E-state index in [1.165, 1.54) is 10.4 Å². The van der Waals surface area contributed by atoms with Crippen molar-refractivity contribution >= 4 is 29.0 Å². The molecule has 1 aromatic heterocycles. The highest BCUT2D eigenvalue weighted by molar-refractivity contribution is 8.00. The van der Waals surface area contributed by atoms with Gasteiger partial charge in [-0.25, -0.2) is 0 Å². The van der Waals surface area contributed by atoms with E-state index < -0.39 is 0 Å². The van der Waals surface area contributed by atoms with E-state index in [0.717, 1.165) is 18.6 Å². The molecule has 1 N–H and O–H groups in total. The zero-order valence-corrected chi connectivity index (χ0v) is 13.9. The minimum Gasteiger partial charge on any atom is -0.350 e. The van der Waals surface area contributed by atoms with Gasteiger partial charge in [-0.2, -0.15) is 0 Å². The number of thiophene rings is 1. The predicted molar refractivity (Wildman–Crippen MR) is 92.8 cm³/mol. The molecule has 1 amide bonds. The quantitative estimate of drug-likeness (QED) is 0.742. The Balaban J connectivity index is 1.60. The van der Waals surface area contributed by atoms with Gasteiger partial charge in [0.2, 0.25) is 5.91 Å². The maximum atomic E-state index is 12.0. The summed E-state index contributed by atoms with van der Waals surface area (Å²) in [7, 11) is 0. The van der Waals surface area contributed by atoms with Crippen molar-refractivity contribution in [1.29, 1.82) is 0 Å². The average Bonchev–Trinajstić information content (AvgIpc) is 3.03. The van der Waals surface area contributed by atoms with Crippen LogP contribution in [0, 0.1) is 0 Å². The van der Waals surface area contributed by atoms with Crippen molar-refractivity contribution in [2.24, 2.45) is 0 Å². The second-order valence-corrected chi connectivity index (χ2v) is 7.38. The van der Waals surface area contributed by atoms with Crippen molar-refractivity contribution in [3.8, 4) is 0 Å². The first kappa shape index (κ1) is 16.1. The van der Waals surface area contributed by atoms with E-state index in [1.807, 2.05) is 30.5 Å². The molecule has 4 heteroatoms. The van der Waals surface area contributed by atoms with Gasteiger partial charge in [0.25, 0.3) is 0 Å². The molecule has 2 aromatic rings. The van der Waals surface area contributed by atoms with E-state index in [0.29, 0.717) is 6.54 Å². The highest BCUT2D eigenvalue weighted by atomic mass is 32.2. The minimum absolute atomic E-state index is 0.0146. The summed E-state index contributed by atoms with van der Waals surface area (Å²) in [5, 5.41) is 5.04. The van der Waals surface area contributed by atoms with Crippen molar-refractivity contribution < 1.29 is 4.79 Å². The predicted octanol–water partition coefficient (Wildman–Crippen LogP) is 4.12. The zero-order valence-electron chi connectivity index (χ0n) is 12.2. The van der Waals surface area contributed by atoms with E-state index in [4.69, 9.17) is 0 Å². The Morgan fingerprint density at radius 1 is 1.24 bits per heavy atom. The lowest BCUT2D eigenvalue weighted by atomic mass is 10.1. The Bertz CT molecular complexity index is 525. The van der Waals surface area contributed by atoms with Crippen LogP contribution in [0.25, 0.3) is 0 Å². The van der Waals surface area contributed by atoms with Gasteiger partial charge in [-0.15, -0.1) is 23.1 Å². The van der Waals surface area contributed by atoms with E-state index in [9.17, 15) is 4.79 Å². The van der Waals surface area contributed by atoms with Crippen LogP contribution in [0.2, 0.25) is 0 Å². The summed E-state index contributed by atoms with van der Waals surface area (Å²) in [6, 6.07) is 14.5. The first-order chi connectivity index (χ1) is 10.3. The van der Waals surface area contributed by atoms with Crippen LogP contribution in [-0.4, -0.2) is 16.9 Å². The summed E-state index contributed by atoms with van der Waals surface area (Å²) in [4.78, 5) is 13.2. The Labute approximate surface area is 135 Å². The van der Waals surface area contributed by atoms with Crippen LogP contribution in [-0.2, 0) is 17.8 Å². The molecule has 112 valence electrons. The molecule has 1 aromatic carbocycles. The second kappa shape index (κ2) is 8.90. The molecule has 0 aliphatic carbocycles. The molecule has 0 bridgehead atoms. The maximum Gasteiger partial charge on any atom is 0.233 e. The van der Waals surface area contributed by atoms with Crippen molar-refractivity contribution in [1.82, 2.24) is 5.32 Å². The van der Waals surface area contributed by atoms with Crippen LogP contribution in [0.3, 0.4) is 0 Å². The van der Waals surface area contributed by atoms with E-state index >= 15 is 0 Å². The smallest absolute Gasteiger partial charge is 0.233 e. The molecule has 0 radical (unpaired) electrons. The third-order valence-electron chi connectivity index (χ3n) is 3.21. The number of nitrogens with one attached hydrogen (secondary N) is 1. The minimum atomic E-state index is 0.0146. The number of hydrogen-bond acceptors (Lipinski definition) is 3. The van der Waals surface area contributed by atoms with Crippen LogP contribution in [0.1, 0.15) is 23.8 Å². The molecule has 2 rings (SSSR count). The number of carbonyl (C=O) groups excluding carboxylic acids is 1. The fourth-order valence-corrected chi connectivity index (χ4v) is 3.53. The van der Waals surface area contributed by atoms with Crippen molar-refractivity contribution in [2.75, 3.05) is 5.75 Å². The van der Waals surface area contributed by atoms with Crippen LogP contribution in [0.5, 0.6) is 0 Å². The Morgan fingerprint density at radius 3 is 2.76 bits per heavy atom. The van der Waals surface area contributed by atoms with Gasteiger partial charge >= 0.3 is 0 Å². The molecule has 0 aliphatic heterocycles. The number of aryl methyl sites for hydroxylation is 1. The highest BCUT2D eigenvalue weighted by Crippen LogP contribution is 2.14. The molecule has 0 fully saturated rings. The Hall–Kier alpha value is -1.26. The van der Waals surface area contributed by atoms with Gasteiger partial charge in [0.1, 0.15) is 0 Å². The van der Waals surface area contributed by atoms with Gasteiger partial charge in [-0.3, -0.25) is 4.79 Å². The number of carbonyl (C=O) groups is 1. The SMILES string of the molecule is C[C@H](SCCCc1ccccc1)C(=O)NCc1cccs1. The maximum absolute atomic E-state index is 12.0. The largest absolute Gasteiger partial charge is 0.350 e. The third kappa shape index (κ3) is 5.94. The summed E-state index contributed by atoms with van der Waals surface area (Å²) < 4.78 is 0. The monoisotopic (exact) mass is 319 g/mol. The molecule has 0 saturated carbocycles. The number of rotatable bonds is 8. The molecule has 0 spiro atoms. The average molecular weight is 319 g/mol. The Morgan fingerprint density at radius 2 is 2.05 bits per heavy atom. The lowest BCUT2D eigenvalue weighted by Gasteiger charge is -2.11. The highest BCUT2D eigenvalue weighted by Gasteiger charge is 2.12. The standard InChI is InChI=1S/C17H21NOS2/c1-14(17(19)18-13-16-10-6-12-21-16)20-11-5-9-15-7-3-2-4-8-15/h2-4,6-8,10,12,14H,5,9,11,13H2,1H3,(H,18,19)/t14-/m0/s1.